The number of benzene rings is 3. The number of amides is 1. The molecule has 0 aliphatic rings. The van der Waals surface area contributed by atoms with E-state index in [4.69, 9.17) is 23.4 Å². The van der Waals surface area contributed by atoms with Gasteiger partial charge >= 0.3 is 12.1 Å². The Morgan fingerprint density at radius 2 is 1.63 bits per heavy atom. The molecule has 0 saturated carbocycles. The predicted octanol–water partition coefficient (Wildman–Crippen LogP) is 5.65. The Morgan fingerprint density at radius 3 is 2.27 bits per heavy atom. The molecule has 3 aromatic carbocycles. The molecule has 1 aromatic heterocycles. The van der Waals surface area contributed by atoms with Crippen LogP contribution in [0.15, 0.2) is 75.9 Å². The first-order chi connectivity index (χ1) is 19.4. The Hall–Kier alpha value is -4.99. The van der Waals surface area contributed by atoms with Crippen LogP contribution in [0.5, 0.6) is 28.7 Å². The van der Waals surface area contributed by atoms with E-state index in [1.54, 1.807) is 45.0 Å². The number of rotatable bonds is 8. The Balaban J connectivity index is 1.60. The number of esters is 1. The van der Waals surface area contributed by atoms with Crippen LogP contribution in [0.25, 0.3) is 11.0 Å². The maximum atomic E-state index is 13.2. The van der Waals surface area contributed by atoms with E-state index in [-0.39, 0.29) is 34.6 Å². The number of nitrogens with one attached hydrogen (secondary N) is 1. The summed E-state index contributed by atoms with van der Waals surface area (Å²) in [5.41, 5.74) is -0.626. The number of carbonyl (C=O) groups excluding carboxylic acids is 2. The number of aryl methyl sites for hydroxylation is 1. The third kappa shape index (κ3) is 7.36. The summed E-state index contributed by atoms with van der Waals surface area (Å²) in [4.78, 5) is 38.9. The zero-order valence-electron chi connectivity index (χ0n) is 23.3. The highest BCUT2D eigenvalue weighted by Crippen LogP contribution is 2.33. The Bertz CT molecular complexity index is 1600. The molecule has 10 nitrogen and oxygen atoms in total. The van der Waals surface area contributed by atoms with Gasteiger partial charge in [0, 0.05) is 18.6 Å². The molecule has 0 fully saturated rings. The Morgan fingerprint density at radius 1 is 0.976 bits per heavy atom. The number of fused-ring (bicyclic) bond motifs is 1. The van der Waals surface area contributed by atoms with Gasteiger partial charge in [0.25, 0.3) is 0 Å². The SMILES string of the molecule is COc1ccc(Oc2c(C)oc3cc(OC(=O)[C@H](Cc4ccccc4)NC(=O)OC(C)(C)C)cc(O)c3c2=O)cc1. The number of methoxy groups -OCH3 is 1. The molecule has 0 saturated heterocycles. The van der Waals surface area contributed by atoms with E-state index >= 15 is 0 Å². The van der Waals surface area contributed by atoms with Crippen LogP contribution in [-0.2, 0) is 16.0 Å². The zero-order valence-corrected chi connectivity index (χ0v) is 23.3. The van der Waals surface area contributed by atoms with E-state index in [0.29, 0.717) is 11.5 Å². The molecule has 214 valence electrons. The van der Waals surface area contributed by atoms with Gasteiger partial charge < -0.3 is 33.8 Å². The van der Waals surface area contributed by atoms with Gasteiger partial charge in [-0.3, -0.25) is 4.79 Å². The highest BCUT2D eigenvalue weighted by molar-refractivity contribution is 5.88. The average Bonchev–Trinajstić information content (AvgIpc) is 2.90. The molecule has 41 heavy (non-hydrogen) atoms. The molecule has 0 aliphatic carbocycles. The molecule has 4 rings (SSSR count). The van der Waals surface area contributed by atoms with Crippen LogP contribution in [0.2, 0.25) is 0 Å². The summed E-state index contributed by atoms with van der Waals surface area (Å²) in [6.07, 6.45) is -0.665. The van der Waals surface area contributed by atoms with Gasteiger partial charge in [-0.2, -0.15) is 0 Å². The van der Waals surface area contributed by atoms with Crippen molar-refractivity contribution in [2.45, 2.75) is 45.8 Å². The fourth-order valence-corrected chi connectivity index (χ4v) is 3.99. The monoisotopic (exact) mass is 561 g/mol. The lowest BCUT2D eigenvalue weighted by Gasteiger charge is -2.23. The molecule has 0 spiro atoms. The third-order valence-electron chi connectivity index (χ3n) is 5.83. The van der Waals surface area contributed by atoms with Crippen molar-refractivity contribution in [1.82, 2.24) is 5.32 Å². The highest BCUT2D eigenvalue weighted by atomic mass is 16.6. The molecule has 0 radical (unpaired) electrons. The Labute approximate surface area is 236 Å². The zero-order chi connectivity index (χ0) is 29.7. The quantitative estimate of drug-likeness (QED) is 0.207. The van der Waals surface area contributed by atoms with Gasteiger partial charge in [0.1, 0.15) is 51.4 Å². The number of carbonyl (C=O) groups is 2. The van der Waals surface area contributed by atoms with Gasteiger partial charge in [0.2, 0.25) is 11.2 Å². The summed E-state index contributed by atoms with van der Waals surface area (Å²) in [6, 6.07) is 17.0. The first-order valence-electron chi connectivity index (χ1n) is 12.8. The van der Waals surface area contributed by atoms with Crippen LogP contribution in [0, 0.1) is 6.92 Å². The van der Waals surface area contributed by atoms with E-state index < -0.39 is 34.9 Å². The lowest BCUT2D eigenvalue weighted by atomic mass is 10.1. The van der Waals surface area contributed by atoms with Crippen molar-refractivity contribution >= 4 is 23.0 Å². The van der Waals surface area contributed by atoms with Crippen molar-refractivity contribution in [3.8, 4) is 28.7 Å². The molecule has 4 aromatic rings. The fraction of sp³-hybridized carbons (Fsp3) is 0.258. The number of alkyl carbamates (subject to hydrolysis) is 1. The second-order valence-electron chi connectivity index (χ2n) is 10.2. The molecule has 1 atom stereocenters. The maximum absolute atomic E-state index is 13.2. The summed E-state index contributed by atoms with van der Waals surface area (Å²) in [6.45, 7) is 6.66. The number of hydrogen-bond acceptors (Lipinski definition) is 9. The number of aromatic hydroxyl groups is 1. The number of ether oxygens (including phenoxy) is 4. The summed E-state index contributed by atoms with van der Waals surface area (Å²) < 4.78 is 27.5. The standard InChI is InChI=1S/C31H31NO9/c1-18-28(39-21-13-11-20(37-5)12-14-21)27(34)26-24(33)16-22(17-25(26)38-18)40-29(35)23(15-19-9-7-6-8-10-19)32-30(36)41-31(2,3)4/h6-14,16-17,23,33H,15H2,1-5H3,(H,32,36)/t23-/m0/s1. The fourth-order valence-electron chi connectivity index (χ4n) is 3.99. The topological polar surface area (TPSA) is 134 Å². The molecule has 10 heteroatoms. The molecule has 1 heterocycles. The second kappa shape index (κ2) is 12.0. The summed E-state index contributed by atoms with van der Waals surface area (Å²) in [5.74, 6) is -0.341. The summed E-state index contributed by atoms with van der Waals surface area (Å²) >= 11 is 0. The predicted molar refractivity (Wildman–Crippen MR) is 151 cm³/mol. The van der Waals surface area contributed by atoms with Crippen LogP contribution >= 0.6 is 0 Å². The number of phenolic OH excluding ortho intramolecular Hbond substituents is 1. The molecule has 0 unspecified atom stereocenters. The summed E-state index contributed by atoms with van der Waals surface area (Å²) in [7, 11) is 1.53. The lowest BCUT2D eigenvalue weighted by molar-refractivity contribution is -0.136. The van der Waals surface area contributed by atoms with E-state index in [1.807, 2.05) is 30.3 Å². The molecule has 0 aliphatic heterocycles. The lowest BCUT2D eigenvalue weighted by Crippen LogP contribution is -2.46. The van der Waals surface area contributed by atoms with Crippen molar-refractivity contribution in [2.75, 3.05) is 7.11 Å². The van der Waals surface area contributed by atoms with Crippen molar-refractivity contribution in [3.63, 3.8) is 0 Å². The van der Waals surface area contributed by atoms with Gasteiger partial charge in [-0.15, -0.1) is 0 Å². The van der Waals surface area contributed by atoms with Crippen LogP contribution in [-0.4, -0.2) is 35.9 Å². The summed E-state index contributed by atoms with van der Waals surface area (Å²) in [5, 5.41) is 13.1. The van der Waals surface area contributed by atoms with Gasteiger partial charge in [0.05, 0.1) is 7.11 Å². The molecular weight excluding hydrogens is 530 g/mol. The van der Waals surface area contributed by atoms with Crippen molar-refractivity contribution < 1.29 is 38.1 Å². The van der Waals surface area contributed by atoms with Gasteiger partial charge in [-0.25, -0.2) is 9.59 Å². The average molecular weight is 562 g/mol. The van der Waals surface area contributed by atoms with E-state index in [1.165, 1.54) is 20.1 Å². The number of phenols is 1. The second-order valence-corrected chi connectivity index (χ2v) is 10.2. The molecule has 1 amide bonds. The van der Waals surface area contributed by atoms with E-state index in [2.05, 4.69) is 5.32 Å². The van der Waals surface area contributed by atoms with Crippen LogP contribution in [0.4, 0.5) is 4.79 Å². The van der Waals surface area contributed by atoms with E-state index in [0.717, 1.165) is 11.6 Å². The van der Waals surface area contributed by atoms with Crippen LogP contribution < -0.4 is 25.0 Å². The normalized spacial score (nSPS) is 11.9. The van der Waals surface area contributed by atoms with Gasteiger partial charge in [0.15, 0.2) is 0 Å². The van der Waals surface area contributed by atoms with Crippen molar-refractivity contribution in [2.24, 2.45) is 0 Å². The Kier molecular flexibility index (Phi) is 8.51. The van der Waals surface area contributed by atoms with Gasteiger partial charge in [-0.1, -0.05) is 30.3 Å². The smallest absolute Gasteiger partial charge is 0.408 e. The van der Waals surface area contributed by atoms with Gasteiger partial charge in [-0.05, 0) is 57.5 Å². The minimum atomic E-state index is -1.11. The first kappa shape index (κ1) is 29.0. The largest absolute Gasteiger partial charge is 0.507 e. The van der Waals surface area contributed by atoms with Crippen LogP contribution in [0.3, 0.4) is 0 Å². The van der Waals surface area contributed by atoms with Crippen molar-refractivity contribution in [3.05, 3.63) is 88.3 Å². The molecular formula is C31H31NO9. The molecule has 2 N–H and O–H groups in total. The number of hydrogen-bond donors (Lipinski definition) is 2. The van der Waals surface area contributed by atoms with Crippen LogP contribution in [0.1, 0.15) is 32.1 Å². The first-order valence-corrected chi connectivity index (χ1v) is 12.8. The van der Waals surface area contributed by atoms with E-state index in [9.17, 15) is 19.5 Å². The van der Waals surface area contributed by atoms with Crippen molar-refractivity contribution in [1.29, 1.82) is 0 Å². The highest BCUT2D eigenvalue weighted by Gasteiger charge is 2.27. The maximum Gasteiger partial charge on any atom is 0.408 e. The molecule has 0 bridgehead atoms. The minimum Gasteiger partial charge on any atom is -0.507 e. The third-order valence-corrected chi connectivity index (χ3v) is 5.83. The minimum absolute atomic E-state index is 0.0166.